The molecule has 0 spiro atoms. The second-order valence-electron chi connectivity index (χ2n) is 4.27. The molecule has 0 fully saturated rings. The van der Waals surface area contributed by atoms with Crippen LogP contribution in [-0.4, -0.2) is 15.7 Å². The Labute approximate surface area is 133 Å². The molecule has 1 N–H and O–H groups in total. The first-order valence-corrected chi connectivity index (χ1v) is 8.41. The van der Waals surface area contributed by atoms with Gasteiger partial charge < -0.3 is 4.98 Å². The van der Waals surface area contributed by atoms with Crippen molar-refractivity contribution < 1.29 is 0 Å². The van der Waals surface area contributed by atoms with Crippen LogP contribution in [0.25, 0.3) is 11.4 Å². The zero-order valence-electron chi connectivity index (χ0n) is 9.87. The maximum Gasteiger partial charge on any atom is 0.255 e. The van der Waals surface area contributed by atoms with Gasteiger partial charge in [-0.3, -0.25) is 4.79 Å². The smallest absolute Gasteiger partial charge is 0.255 e. The Kier molecular flexibility index (Phi) is 3.86. The Hall–Kier alpha value is -0.530. The molecule has 2 aromatic rings. The van der Waals surface area contributed by atoms with E-state index in [9.17, 15) is 4.79 Å². The van der Waals surface area contributed by atoms with Gasteiger partial charge in [0.1, 0.15) is 5.82 Å². The van der Waals surface area contributed by atoms with Crippen molar-refractivity contribution in [1.82, 2.24) is 9.97 Å². The van der Waals surface area contributed by atoms with E-state index >= 15 is 0 Å². The first-order chi connectivity index (χ1) is 9.15. The molecular weight excluding hydrogens is 395 g/mol. The highest BCUT2D eigenvalue weighted by molar-refractivity contribution is 14.1. The SMILES string of the molecule is O=c1[nH]c(-c2ccc(I)cc2Cl)nc2c1CSCC2. The molecule has 0 saturated carbocycles. The van der Waals surface area contributed by atoms with Crippen LogP contribution >= 0.6 is 46.0 Å². The van der Waals surface area contributed by atoms with Gasteiger partial charge in [0.25, 0.3) is 5.56 Å². The van der Waals surface area contributed by atoms with Crippen molar-refractivity contribution in [1.29, 1.82) is 0 Å². The van der Waals surface area contributed by atoms with Crippen LogP contribution in [0.4, 0.5) is 0 Å². The Bertz CT molecular complexity index is 702. The molecule has 0 unspecified atom stereocenters. The summed E-state index contributed by atoms with van der Waals surface area (Å²) < 4.78 is 1.06. The van der Waals surface area contributed by atoms with E-state index in [4.69, 9.17) is 11.6 Å². The number of rotatable bonds is 1. The number of hydrogen-bond acceptors (Lipinski definition) is 3. The summed E-state index contributed by atoms with van der Waals surface area (Å²) in [5, 5.41) is 0.611. The average molecular weight is 405 g/mol. The third-order valence-corrected chi connectivity index (χ3v) is 4.99. The van der Waals surface area contributed by atoms with Crippen LogP contribution in [0.3, 0.4) is 0 Å². The molecule has 3 rings (SSSR count). The van der Waals surface area contributed by atoms with Crippen molar-refractivity contribution in [3.8, 4) is 11.4 Å². The second-order valence-corrected chi connectivity index (χ2v) is 7.02. The van der Waals surface area contributed by atoms with Gasteiger partial charge in [0.15, 0.2) is 0 Å². The first kappa shape index (κ1) is 13.5. The van der Waals surface area contributed by atoms with E-state index in [1.54, 1.807) is 11.8 Å². The maximum atomic E-state index is 12.1. The second kappa shape index (κ2) is 5.46. The fraction of sp³-hybridized carbons (Fsp3) is 0.231. The van der Waals surface area contributed by atoms with Gasteiger partial charge in [-0.2, -0.15) is 11.8 Å². The molecule has 0 atom stereocenters. The number of fused-ring (bicyclic) bond motifs is 1. The first-order valence-electron chi connectivity index (χ1n) is 5.80. The lowest BCUT2D eigenvalue weighted by Gasteiger charge is -2.14. The summed E-state index contributed by atoms with van der Waals surface area (Å²) >= 11 is 10.2. The van der Waals surface area contributed by atoms with Crippen LogP contribution in [-0.2, 0) is 12.2 Å². The summed E-state index contributed by atoms with van der Waals surface area (Å²) in [6.45, 7) is 0. The standard InChI is InChI=1S/C13H10ClIN2OS/c14-10-5-7(15)1-2-8(10)12-16-11-3-4-19-6-9(11)13(18)17-12/h1-2,5H,3-4,6H2,(H,16,17,18). The van der Waals surface area contributed by atoms with Crippen molar-refractivity contribution in [2.75, 3.05) is 5.75 Å². The monoisotopic (exact) mass is 404 g/mol. The molecule has 0 amide bonds. The van der Waals surface area contributed by atoms with Gasteiger partial charge in [-0.1, -0.05) is 11.6 Å². The summed E-state index contributed by atoms with van der Waals surface area (Å²) in [5.74, 6) is 2.33. The molecule has 0 radical (unpaired) electrons. The molecule has 2 heterocycles. The molecule has 19 heavy (non-hydrogen) atoms. The van der Waals surface area contributed by atoms with Crippen LogP contribution < -0.4 is 5.56 Å². The fourth-order valence-electron chi connectivity index (χ4n) is 2.05. The van der Waals surface area contributed by atoms with Crippen molar-refractivity contribution in [2.24, 2.45) is 0 Å². The minimum atomic E-state index is -0.0400. The summed E-state index contributed by atoms with van der Waals surface area (Å²) in [5.41, 5.74) is 2.45. The van der Waals surface area contributed by atoms with Gasteiger partial charge >= 0.3 is 0 Å². The topological polar surface area (TPSA) is 45.8 Å². The number of benzene rings is 1. The number of aromatic amines is 1. The van der Waals surface area contributed by atoms with Gasteiger partial charge in [-0.25, -0.2) is 4.98 Å². The maximum absolute atomic E-state index is 12.1. The molecule has 0 bridgehead atoms. The molecule has 0 aliphatic carbocycles. The molecule has 0 saturated heterocycles. The zero-order chi connectivity index (χ0) is 13.4. The minimum Gasteiger partial charge on any atom is -0.306 e. The van der Waals surface area contributed by atoms with Gasteiger partial charge in [0.05, 0.1) is 10.7 Å². The van der Waals surface area contributed by atoms with Crippen LogP contribution in [0.5, 0.6) is 0 Å². The lowest BCUT2D eigenvalue weighted by atomic mass is 10.1. The summed E-state index contributed by atoms with van der Waals surface area (Å²) in [7, 11) is 0. The van der Waals surface area contributed by atoms with Gasteiger partial charge in [-0.15, -0.1) is 0 Å². The predicted molar refractivity (Wildman–Crippen MR) is 87.9 cm³/mol. The largest absolute Gasteiger partial charge is 0.306 e. The highest BCUT2D eigenvalue weighted by Gasteiger charge is 2.17. The Morgan fingerprint density at radius 3 is 3.05 bits per heavy atom. The van der Waals surface area contributed by atoms with Crippen molar-refractivity contribution >= 4 is 46.0 Å². The van der Waals surface area contributed by atoms with Crippen LogP contribution in [0.15, 0.2) is 23.0 Å². The Balaban J connectivity index is 2.15. The average Bonchev–Trinajstić information content (AvgIpc) is 2.38. The quantitative estimate of drug-likeness (QED) is 0.740. The van der Waals surface area contributed by atoms with Gasteiger partial charge in [0, 0.05) is 20.4 Å². The number of nitrogens with one attached hydrogen (secondary N) is 1. The normalized spacial score (nSPS) is 14.2. The summed E-state index contributed by atoms with van der Waals surface area (Å²) in [4.78, 5) is 19.5. The van der Waals surface area contributed by atoms with Crippen LogP contribution in [0.2, 0.25) is 5.02 Å². The Morgan fingerprint density at radius 2 is 2.26 bits per heavy atom. The predicted octanol–water partition coefficient (Wildman–Crippen LogP) is 3.48. The van der Waals surface area contributed by atoms with E-state index in [-0.39, 0.29) is 5.56 Å². The van der Waals surface area contributed by atoms with E-state index < -0.39 is 0 Å². The zero-order valence-corrected chi connectivity index (χ0v) is 13.6. The molecule has 1 aromatic heterocycles. The van der Waals surface area contributed by atoms with E-state index in [1.165, 1.54) is 0 Å². The molecular formula is C13H10ClIN2OS. The number of aromatic nitrogens is 2. The molecule has 3 nitrogen and oxygen atoms in total. The lowest BCUT2D eigenvalue weighted by Crippen LogP contribution is -2.21. The van der Waals surface area contributed by atoms with E-state index in [1.807, 2.05) is 18.2 Å². The highest BCUT2D eigenvalue weighted by atomic mass is 127. The molecule has 98 valence electrons. The Morgan fingerprint density at radius 1 is 1.42 bits per heavy atom. The molecule has 6 heteroatoms. The van der Waals surface area contributed by atoms with E-state index in [2.05, 4.69) is 32.6 Å². The van der Waals surface area contributed by atoms with Gasteiger partial charge in [0.2, 0.25) is 0 Å². The summed E-state index contributed by atoms with van der Waals surface area (Å²) in [6.07, 6.45) is 0.846. The van der Waals surface area contributed by atoms with Crippen molar-refractivity contribution in [3.05, 3.63) is 48.4 Å². The van der Waals surface area contributed by atoms with Gasteiger partial charge in [-0.05, 0) is 53.0 Å². The van der Waals surface area contributed by atoms with Crippen LogP contribution in [0.1, 0.15) is 11.3 Å². The number of halogens is 2. The molecule has 1 aliphatic rings. The van der Waals surface area contributed by atoms with Crippen LogP contribution in [0, 0.1) is 3.57 Å². The fourth-order valence-corrected chi connectivity index (χ4v) is 3.98. The highest BCUT2D eigenvalue weighted by Crippen LogP contribution is 2.28. The summed E-state index contributed by atoms with van der Waals surface area (Å²) in [6, 6.07) is 5.72. The third kappa shape index (κ3) is 2.68. The number of H-pyrrole nitrogens is 1. The van der Waals surface area contributed by atoms with E-state index in [0.29, 0.717) is 10.8 Å². The third-order valence-electron chi connectivity index (χ3n) is 3.02. The lowest BCUT2D eigenvalue weighted by molar-refractivity contribution is 0.938. The molecule has 1 aliphatic heterocycles. The van der Waals surface area contributed by atoms with Crippen molar-refractivity contribution in [3.63, 3.8) is 0 Å². The number of hydrogen-bond donors (Lipinski definition) is 1. The minimum absolute atomic E-state index is 0.0400. The molecule has 1 aromatic carbocycles. The van der Waals surface area contributed by atoms with Crippen molar-refractivity contribution in [2.45, 2.75) is 12.2 Å². The number of nitrogens with zero attached hydrogens (tertiary/aromatic N) is 1. The van der Waals surface area contributed by atoms with E-state index in [0.717, 1.165) is 38.3 Å². The number of aryl methyl sites for hydroxylation is 1. The number of thioether (sulfide) groups is 1.